The lowest BCUT2D eigenvalue weighted by atomic mass is 10.0. The smallest absolute Gasteiger partial charge is 0.0793 e. The topological polar surface area (TPSA) is 15.7 Å². The second-order valence-corrected chi connectivity index (χ2v) is 6.12. The number of likely N-dealkylation sites (tertiary alicyclic amines) is 1. The molecule has 2 saturated heterocycles. The molecule has 0 N–H and O–H groups in total. The summed E-state index contributed by atoms with van der Waals surface area (Å²) < 4.78 is 5.35. The monoisotopic (exact) mass is 260 g/mol. The summed E-state index contributed by atoms with van der Waals surface area (Å²) in [4.78, 5) is 5.01. The number of nitrogens with zero attached hydrogens (tertiary/aromatic N) is 2. The van der Waals surface area contributed by atoms with Gasteiger partial charge in [-0.15, -0.1) is 0 Å². The number of benzene rings is 1. The third kappa shape index (κ3) is 2.49. The zero-order valence-corrected chi connectivity index (χ0v) is 12.2. The van der Waals surface area contributed by atoms with Crippen molar-refractivity contribution in [2.45, 2.75) is 13.0 Å². The molecule has 0 bridgehead atoms. The van der Waals surface area contributed by atoms with Crippen LogP contribution < -0.4 is 4.90 Å². The zero-order chi connectivity index (χ0) is 13.4. The lowest BCUT2D eigenvalue weighted by molar-refractivity contribution is 0.119. The van der Waals surface area contributed by atoms with Gasteiger partial charge in [0.2, 0.25) is 0 Å². The van der Waals surface area contributed by atoms with Crippen molar-refractivity contribution in [2.24, 2.45) is 11.8 Å². The van der Waals surface area contributed by atoms with Gasteiger partial charge in [0.05, 0.1) is 6.10 Å². The van der Waals surface area contributed by atoms with Gasteiger partial charge in [0, 0.05) is 39.0 Å². The highest BCUT2D eigenvalue weighted by molar-refractivity contribution is 5.49. The molecule has 3 nitrogen and oxygen atoms in total. The Balaban J connectivity index is 1.68. The van der Waals surface area contributed by atoms with Gasteiger partial charge in [-0.2, -0.15) is 0 Å². The van der Waals surface area contributed by atoms with Crippen LogP contribution in [0.1, 0.15) is 18.6 Å². The van der Waals surface area contributed by atoms with Crippen molar-refractivity contribution < 1.29 is 4.74 Å². The number of hydrogen-bond acceptors (Lipinski definition) is 3. The molecule has 0 spiro atoms. The molecule has 3 unspecified atom stereocenters. The summed E-state index contributed by atoms with van der Waals surface area (Å²) in [5.74, 6) is 1.73. The largest absolute Gasteiger partial charge is 0.377 e. The van der Waals surface area contributed by atoms with Crippen LogP contribution in [0.5, 0.6) is 0 Å². The van der Waals surface area contributed by atoms with Crippen molar-refractivity contribution in [3.05, 3.63) is 29.8 Å². The molecule has 3 rings (SSSR count). The lowest BCUT2D eigenvalue weighted by Crippen LogP contribution is -2.26. The van der Waals surface area contributed by atoms with Gasteiger partial charge in [-0.25, -0.2) is 0 Å². The molecule has 3 heteroatoms. The Labute approximate surface area is 116 Å². The van der Waals surface area contributed by atoms with Crippen molar-refractivity contribution in [1.82, 2.24) is 4.90 Å². The van der Waals surface area contributed by atoms with Crippen molar-refractivity contribution in [3.8, 4) is 0 Å². The van der Waals surface area contributed by atoms with E-state index in [-0.39, 0.29) is 6.10 Å². The average molecular weight is 260 g/mol. The highest BCUT2D eigenvalue weighted by Crippen LogP contribution is 2.33. The quantitative estimate of drug-likeness (QED) is 0.830. The van der Waals surface area contributed by atoms with E-state index in [1.807, 2.05) is 0 Å². The van der Waals surface area contributed by atoms with E-state index in [4.69, 9.17) is 4.74 Å². The number of fused-ring (bicyclic) bond motifs is 1. The SMILES string of the molecule is COC(C)c1ccc(N2CC3CN(C)CC3C2)cc1. The second kappa shape index (κ2) is 5.14. The van der Waals surface area contributed by atoms with Gasteiger partial charge < -0.3 is 14.5 Å². The first-order chi connectivity index (χ1) is 9.17. The lowest BCUT2D eigenvalue weighted by Gasteiger charge is -2.22. The molecule has 3 atom stereocenters. The molecule has 19 heavy (non-hydrogen) atoms. The van der Waals surface area contributed by atoms with E-state index in [2.05, 4.69) is 48.0 Å². The Morgan fingerprint density at radius 1 is 1.05 bits per heavy atom. The fourth-order valence-electron chi connectivity index (χ4n) is 3.53. The summed E-state index contributed by atoms with van der Waals surface area (Å²) in [7, 11) is 4.00. The number of ether oxygens (including phenoxy) is 1. The molecule has 2 fully saturated rings. The predicted octanol–water partition coefficient (Wildman–Crippen LogP) is 2.39. The van der Waals surface area contributed by atoms with Crippen molar-refractivity contribution >= 4 is 5.69 Å². The maximum atomic E-state index is 5.35. The van der Waals surface area contributed by atoms with Crippen molar-refractivity contribution in [2.75, 3.05) is 45.2 Å². The van der Waals surface area contributed by atoms with E-state index in [1.165, 1.54) is 37.4 Å². The summed E-state index contributed by atoms with van der Waals surface area (Å²) >= 11 is 0. The first-order valence-corrected chi connectivity index (χ1v) is 7.23. The molecule has 0 amide bonds. The van der Waals surface area contributed by atoms with Gasteiger partial charge in [0.1, 0.15) is 0 Å². The first-order valence-electron chi connectivity index (χ1n) is 7.23. The standard InChI is InChI=1S/C16H24N2O/c1-12(19-3)13-4-6-16(7-5-13)18-10-14-8-17(2)9-15(14)11-18/h4-7,12,14-15H,8-11H2,1-3H3. The molecule has 1 aromatic carbocycles. The number of hydrogen-bond donors (Lipinski definition) is 0. The molecule has 1 aromatic rings. The molecule has 0 saturated carbocycles. The molecule has 0 aromatic heterocycles. The van der Waals surface area contributed by atoms with Crippen LogP contribution in [-0.2, 0) is 4.74 Å². The van der Waals surface area contributed by atoms with E-state index in [9.17, 15) is 0 Å². The maximum Gasteiger partial charge on any atom is 0.0793 e. The van der Waals surface area contributed by atoms with Crippen molar-refractivity contribution in [1.29, 1.82) is 0 Å². The van der Waals surface area contributed by atoms with Gasteiger partial charge in [0.25, 0.3) is 0 Å². The molecular weight excluding hydrogens is 236 g/mol. The molecule has 104 valence electrons. The zero-order valence-electron chi connectivity index (χ0n) is 12.2. The van der Waals surface area contributed by atoms with E-state index >= 15 is 0 Å². The summed E-state index contributed by atoms with van der Waals surface area (Å²) in [6.07, 6.45) is 0.181. The van der Waals surface area contributed by atoms with Gasteiger partial charge in [-0.3, -0.25) is 0 Å². The van der Waals surface area contributed by atoms with E-state index in [0.717, 1.165) is 11.8 Å². The van der Waals surface area contributed by atoms with Crippen LogP contribution in [0.4, 0.5) is 5.69 Å². The minimum Gasteiger partial charge on any atom is -0.377 e. The number of rotatable bonds is 3. The average Bonchev–Trinajstić information content (AvgIpc) is 2.95. The molecule has 0 aliphatic carbocycles. The minimum atomic E-state index is 0.181. The summed E-state index contributed by atoms with van der Waals surface area (Å²) in [6.45, 7) is 7.05. The van der Waals surface area contributed by atoms with E-state index in [1.54, 1.807) is 7.11 Å². The van der Waals surface area contributed by atoms with Crippen LogP contribution in [0.2, 0.25) is 0 Å². The Hall–Kier alpha value is -1.06. The highest BCUT2D eigenvalue weighted by atomic mass is 16.5. The van der Waals surface area contributed by atoms with Gasteiger partial charge in [-0.05, 0) is 43.5 Å². The van der Waals surface area contributed by atoms with Crippen LogP contribution in [0.15, 0.2) is 24.3 Å². The van der Waals surface area contributed by atoms with E-state index in [0.29, 0.717) is 0 Å². The number of anilines is 1. The van der Waals surface area contributed by atoms with E-state index < -0.39 is 0 Å². The van der Waals surface area contributed by atoms with Gasteiger partial charge in [0.15, 0.2) is 0 Å². The Morgan fingerprint density at radius 3 is 2.16 bits per heavy atom. The summed E-state index contributed by atoms with van der Waals surface area (Å²) in [5.41, 5.74) is 2.62. The maximum absolute atomic E-state index is 5.35. The Bertz CT molecular complexity index is 417. The van der Waals surface area contributed by atoms with Crippen LogP contribution in [0.25, 0.3) is 0 Å². The molecule has 0 radical (unpaired) electrons. The molecule has 2 aliphatic heterocycles. The normalized spacial score (nSPS) is 28.7. The summed E-state index contributed by atoms with van der Waals surface area (Å²) in [6, 6.07) is 8.89. The fourth-order valence-corrected chi connectivity index (χ4v) is 3.53. The number of methoxy groups -OCH3 is 1. The summed E-state index contributed by atoms with van der Waals surface area (Å²) in [5, 5.41) is 0. The predicted molar refractivity (Wildman–Crippen MR) is 78.6 cm³/mol. The third-order valence-electron chi connectivity index (χ3n) is 4.75. The minimum absolute atomic E-state index is 0.181. The van der Waals surface area contributed by atoms with Crippen LogP contribution in [-0.4, -0.2) is 45.2 Å². The first kappa shape index (κ1) is 12.9. The van der Waals surface area contributed by atoms with Crippen LogP contribution >= 0.6 is 0 Å². The molecule has 2 aliphatic rings. The van der Waals surface area contributed by atoms with Gasteiger partial charge in [-0.1, -0.05) is 12.1 Å². The highest BCUT2D eigenvalue weighted by Gasteiger charge is 2.38. The third-order valence-corrected chi connectivity index (χ3v) is 4.75. The Morgan fingerprint density at radius 2 is 1.63 bits per heavy atom. The molecule has 2 heterocycles. The Kier molecular flexibility index (Phi) is 3.50. The van der Waals surface area contributed by atoms with Crippen LogP contribution in [0, 0.1) is 11.8 Å². The van der Waals surface area contributed by atoms with Crippen LogP contribution in [0.3, 0.4) is 0 Å². The molecular formula is C16H24N2O. The van der Waals surface area contributed by atoms with Gasteiger partial charge >= 0.3 is 0 Å². The fraction of sp³-hybridized carbons (Fsp3) is 0.625. The second-order valence-electron chi connectivity index (χ2n) is 6.12. The van der Waals surface area contributed by atoms with Crippen molar-refractivity contribution in [3.63, 3.8) is 0 Å².